The van der Waals surface area contributed by atoms with Gasteiger partial charge in [-0.25, -0.2) is 0 Å². The van der Waals surface area contributed by atoms with Crippen molar-refractivity contribution in [2.24, 2.45) is 17.6 Å². The van der Waals surface area contributed by atoms with E-state index in [2.05, 4.69) is 18.9 Å². The molecule has 0 aromatic rings. The van der Waals surface area contributed by atoms with Crippen molar-refractivity contribution in [3.63, 3.8) is 0 Å². The Hall–Kier alpha value is -0.0800. The average molecular weight is 238 g/mol. The fraction of sp³-hybridized carbons (Fsp3) is 1.00. The summed E-state index contributed by atoms with van der Waals surface area (Å²) in [5, 5.41) is 0. The molecule has 2 heteroatoms. The number of hydrogen-bond donors (Lipinski definition) is 1. The molecular weight excluding hydrogens is 208 g/mol. The first kappa shape index (κ1) is 13.4. The van der Waals surface area contributed by atoms with Gasteiger partial charge in [0.1, 0.15) is 0 Å². The van der Waals surface area contributed by atoms with E-state index < -0.39 is 0 Å². The van der Waals surface area contributed by atoms with Gasteiger partial charge in [-0.05, 0) is 44.6 Å². The van der Waals surface area contributed by atoms with Gasteiger partial charge in [0.25, 0.3) is 0 Å². The van der Waals surface area contributed by atoms with Crippen LogP contribution in [0.25, 0.3) is 0 Å². The molecule has 0 aromatic heterocycles. The number of hydrogen-bond acceptors (Lipinski definition) is 2. The third-order valence-electron chi connectivity index (χ3n) is 5.19. The van der Waals surface area contributed by atoms with E-state index in [1.807, 2.05) is 0 Å². The third-order valence-corrected chi connectivity index (χ3v) is 5.19. The summed E-state index contributed by atoms with van der Waals surface area (Å²) < 4.78 is 0. The molecule has 100 valence electrons. The van der Waals surface area contributed by atoms with Crippen LogP contribution in [0.1, 0.15) is 58.3 Å². The summed E-state index contributed by atoms with van der Waals surface area (Å²) >= 11 is 0. The molecule has 0 heterocycles. The molecule has 0 aliphatic heterocycles. The Kier molecular flexibility index (Phi) is 4.87. The highest BCUT2D eigenvalue weighted by atomic mass is 15.2. The Morgan fingerprint density at radius 3 is 2.41 bits per heavy atom. The van der Waals surface area contributed by atoms with E-state index in [1.165, 1.54) is 51.4 Å². The van der Waals surface area contributed by atoms with Crippen molar-refractivity contribution in [2.75, 3.05) is 13.6 Å². The lowest BCUT2D eigenvalue weighted by molar-refractivity contribution is 0.0959. The van der Waals surface area contributed by atoms with E-state index in [-0.39, 0.29) is 0 Å². The monoisotopic (exact) mass is 238 g/mol. The first-order valence-corrected chi connectivity index (χ1v) is 7.64. The normalized spacial score (nSPS) is 33.2. The van der Waals surface area contributed by atoms with Crippen molar-refractivity contribution >= 4 is 0 Å². The van der Waals surface area contributed by atoms with E-state index in [9.17, 15) is 0 Å². The molecule has 0 amide bonds. The van der Waals surface area contributed by atoms with E-state index in [1.54, 1.807) is 0 Å². The molecule has 0 radical (unpaired) electrons. The number of nitrogens with two attached hydrogens (primary N) is 1. The summed E-state index contributed by atoms with van der Waals surface area (Å²) in [6.07, 6.45) is 11.3. The molecule has 0 saturated heterocycles. The first-order valence-electron chi connectivity index (χ1n) is 7.64. The van der Waals surface area contributed by atoms with Crippen LogP contribution in [0.2, 0.25) is 0 Å². The SMILES string of the molecule is CC1CCCC(C(CN)N(C)C2CCCC2)C1. The molecule has 0 bridgehead atoms. The molecule has 0 spiro atoms. The second-order valence-corrected chi connectivity index (χ2v) is 6.44. The van der Waals surface area contributed by atoms with Crippen LogP contribution >= 0.6 is 0 Å². The van der Waals surface area contributed by atoms with Gasteiger partial charge in [0.2, 0.25) is 0 Å². The van der Waals surface area contributed by atoms with E-state index in [0.717, 1.165) is 24.4 Å². The van der Waals surface area contributed by atoms with Crippen molar-refractivity contribution in [3.05, 3.63) is 0 Å². The third kappa shape index (κ3) is 3.23. The first-order chi connectivity index (χ1) is 8.22. The number of likely N-dealkylation sites (N-methyl/N-ethyl adjacent to an activating group) is 1. The Labute approximate surface area is 107 Å². The smallest absolute Gasteiger partial charge is 0.0246 e. The minimum Gasteiger partial charge on any atom is -0.329 e. The lowest BCUT2D eigenvalue weighted by Crippen LogP contribution is -2.48. The molecular formula is C15H30N2. The maximum absolute atomic E-state index is 6.08. The van der Waals surface area contributed by atoms with E-state index in [4.69, 9.17) is 5.73 Å². The van der Waals surface area contributed by atoms with Gasteiger partial charge in [0, 0.05) is 18.6 Å². The van der Waals surface area contributed by atoms with Gasteiger partial charge in [-0.3, -0.25) is 4.90 Å². The summed E-state index contributed by atoms with van der Waals surface area (Å²) in [5.41, 5.74) is 6.08. The molecule has 2 aliphatic carbocycles. The van der Waals surface area contributed by atoms with Crippen molar-refractivity contribution in [1.82, 2.24) is 4.90 Å². The zero-order valence-corrected chi connectivity index (χ0v) is 11.7. The Morgan fingerprint density at radius 1 is 1.12 bits per heavy atom. The van der Waals surface area contributed by atoms with Gasteiger partial charge in [0.15, 0.2) is 0 Å². The largest absolute Gasteiger partial charge is 0.329 e. The van der Waals surface area contributed by atoms with Crippen LogP contribution in [0.5, 0.6) is 0 Å². The van der Waals surface area contributed by atoms with Crippen LogP contribution in [0.15, 0.2) is 0 Å². The van der Waals surface area contributed by atoms with Crippen molar-refractivity contribution in [1.29, 1.82) is 0 Å². The molecule has 2 rings (SSSR count). The fourth-order valence-electron chi connectivity index (χ4n) is 4.10. The Morgan fingerprint density at radius 2 is 1.82 bits per heavy atom. The molecule has 2 aliphatic rings. The maximum atomic E-state index is 6.08. The highest BCUT2D eigenvalue weighted by molar-refractivity contribution is 4.87. The van der Waals surface area contributed by atoms with Crippen LogP contribution in [0, 0.1) is 11.8 Å². The molecule has 2 fully saturated rings. The maximum Gasteiger partial charge on any atom is 0.0246 e. The lowest BCUT2D eigenvalue weighted by Gasteiger charge is -2.40. The van der Waals surface area contributed by atoms with Gasteiger partial charge in [0.05, 0.1) is 0 Å². The fourth-order valence-corrected chi connectivity index (χ4v) is 4.10. The topological polar surface area (TPSA) is 29.3 Å². The molecule has 3 atom stereocenters. The van der Waals surface area contributed by atoms with Gasteiger partial charge < -0.3 is 5.73 Å². The zero-order valence-electron chi connectivity index (χ0n) is 11.7. The van der Waals surface area contributed by atoms with Gasteiger partial charge >= 0.3 is 0 Å². The minimum absolute atomic E-state index is 0.640. The standard InChI is InChI=1S/C15H30N2/c1-12-6-5-7-13(10-12)15(11-16)17(2)14-8-3-4-9-14/h12-15H,3-11,16H2,1-2H3. The molecule has 2 nitrogen and oxygen atoms in total. The second-order valence-electron chi connectivity index (χ2n) is 6.44. The predicted molar refractivity (Wildman–Crippen MR) is 74.0 cm³/mol. The van der Waals surface area contributed by atoms with Crippen LogP contribution in [0.3, 0.4) is 0 Å². The Bertz CT molecular complexity index is 221. The summed E-state index contributed by atoms with van der Waals surface area (Å²) in [5.74, 6) is 1.77. The van der Waals surface area contributed by atoms with Crippen molar-refractivity contribution in [2.45, 2.75) is 70.4 Å². The van der Waals surface area contributed by atoms with Crippen molar-refractivity contribution < 1.29 is 0 Å². The van der Waals surface area contributed by atoms with Crippen LogP contribution in [0.4, 0.5) is 0 Å². The Balaban J connectivity index is 1.93. The summed E-state index contributed by atoms with van der Waals surface area (Å²) in [7, 11) is 2.33. The molecule has 2 saturated carbocycles. The van der Waals surface area contributed by atoms with E-state index >= 15 is 0 Å². The number of nitrogens with zero attached hydrogens (tertiary/aromatic N) is 1. The van der Waals surface area contributed by atoms with Crippen molar-refractivity contribution in [3.8, 4) is 0 Å². The molecule has 3 unspecified atom stereocenters. The molecule has 17 heavy (non-hydrogen) atoms. The highest BCUT2D eigenvalue weighted by Gasteiger charge is 2.32. The van der Waals surface area contributed by atoms with E-state index in [0.29, 0.717) is 6.04 Å². The second kappa shape index (κ2) is 6.19. The van der Waals surface area contributed by atoms with Gasteiger partial charge in [-0.15, -0.1) is 0 Å². The molecule has 2 N–H and O–H groups in total. The van der Waals surface area contributed by atoms with Crippen LogP contribution in [-0.2, 0) is 0 Å². The highest BCUT2D eigenvalue weighted by Crippen LogP contribution is 2.34. The molecule has 0 aromatic carbocycles. The predicted octanol–water partition coefficient (Wildman–Crippen LogP) is 3.01. The van der Waals surface area contributed by atoms with Gasteiger partial charge in [-0.1, -0.05) is 32.6 Å². The summed E-state index contributed by atoms with van der Waals surface area (Å²) in [4.78, 5) is 2.63. The summed E-state index contributed by atoms with van der Waals surface area (Å²) in [6, 6.07) is 1.46. The van der Waals surface area contributed by atoms with Crippen LogP contribution < -0.4 is 5.73 Å². The summed E-state index contributed by atoms with van der Waals surface area (Å²) in [6.45, 7) is 3.26. The van der Waals surface area contributed by atoms with Gasteiger partial charge in [-0.2, -0.15) is 0 Å². The average Bonchev–Trinajstić information content (AvgIpc) is 2.83. The lowest BCUT2D eigenvalue weighted by atomic mass is 9.78. The minimum atomic E-state index is 0.640. The number of rotatable bonds is 4. The van der Waals surface area contributed by atoms with Crippen LogP contribution in [-0.4, -0.2) is 30.6 Å². The quantitative estimate of drug-likeness (QED) is 0.816. The zero-order chi connectivity index (χ0) is 12.3.